The van der Waals surface area contributed by atoms with Gasteiger partial charge in [0.25, 0.3) is 0 Å². The number of carbonyl (C=O) groups excluding carboxylic acids is 1. The van der Waals surface area contributed by atoms with E-state index in [0.29, 0.717) is 6.61 Å². The lowest BCUT2D eigenvalue weighted by molar-refractivity contribution is -0.114. The Bertz CT molecular complexity index is 920. The second kappa shape index (κ2) is 9.34. The Morgan fingerprint density at radius 1 is 1.21 bits per heavy atom. The lowest BCUT2D eigenvalue weighted by atomic mass is 10.2. The third-order valence-corrected chi connectivity index (χ3v) is 4.46. The Kier molecular flexibility index (Phi) is 6.62. The lowest BCUT2D eigenvalue weighted by Gasteiger charge is -2.15. The molecule has 2 aromatic carbocycles. The number of H-pyrrole nitrogens is 1. The first-order valence-corrected chi connectivity index (χ1v) is 9.34. The number of likely N-dealkylation sites (N-methyl/N-ethyl adjacent to an activating group) is 2. The molecule has 0 saturated heterocycles. The molecule has 0 radical (unpaired) electrons. The maximum Gasteiger partial charge on any atom is 0.221 e. The van der Waals surface area contributed by atoms with E-state index in [4.69, 9.17) is 4.74 Å². The first-order valence-electron chi connectivity index (χ1n) is 9.34. The van der Waals surface area contributed by atoms with Gasteiger partial charge in [0.1, 0.15) is 12.4 Å². The molecule has 28 heavy (non-hydrogen) atoms. The molecule has 0 aliphatic heterocycles. The molecule has 3 rings (SSSR count). The number of hydrogen-bond acceptors (Lipinski definition) is 5. The third-order valence-electron chi connectivity index (χ3n) is 4.46. The standard InChI is InChI=1S/C21H27N5O2/c1-15(27)23-17-6-4-16(5-7-17)14-28-18-8-9-20-19(12-18)21(25-24-20)13-26(3)11-10-22-2/h4-9,12,22H,10-11,13-14H2,1-3H3,(H,23,27)(H,24,25). The predicted octanol–water partition coefficient (Wildman–Crippen LogP) is 2.75. The van der Waals surface area contributed by atoms with Crippen LogP contribution in [0.3, 0.4) is 0 Å². The number of amides is 1. The summed E-state index contributed by atoms with van der Waals surface area (Å²) in [7, 11) is 4.05. The van der Waals surface area contributed by atoms with Crippen molar-refractivity contribution in [3.05, 3.63) is 53.7 Å². The van der Waals surface area contributed by atoms with Crippen molar-refractivity contribution in [2.45, 2.75) is 20.1 Å². The largest absolute Gasteiger partial charge is 0.489 e. The number of benzene rings is 2. The second-order valence-corrected chi connectivity index (χ2v) is 6.89. The van der Waals surface area contributed by atoms with E-state index in [0.717, 1.165) is 53.2 Å². The van der Waals surface area contributed by atoms with Crippen LogP contribution in [0.5, 0.6) is 5.75 Å². The van der Waals surface area contributed by atoms with Gasteiger partial charge < -0.3 is 15.4 Å². The molecule has 3 aromatic rings. The zero-order chi connectivity index (χ0) is 19.9. The molecule has 0 unspecified atom stereocenters. The average Bonchev–Trinajstić information content (AvgIpc) is 3.07. The van der Waals surface area contributed by atoms with Crippen LogP contribution in [0, 0.1) is 0 Å². The van der Waals surface area contributed by atoms with E-state index in [9.17, 15) is 4.79 Å². The van der Waals surface area contributed by atoms with Gasteiger partial charge in [-0.25, -0.2) is 0 Å². The molecule has 1 aromatic heterocycles. The van der Waals surface area contributed by atoms with Crippen LogP contribution in [0.2, 0.25) is 0 Å². The van der Waals surface area contributed by atoms with Crippen LogP contribution in [0.25, 0.3) is 10.9 Å². The molecule has 148 valence electrons. The number of aromatic amines is 1. The molecule has 0 aliphatic rings. The second-order valence-electron chi connectivity index (χ2n) is 6.89. The molecule has 7 nitrogen and oxygen atoms in total. The Morgan fingerprint density at radius 2 is 2.00 bits per heavy atom. The van der Waals surface area contributed by atoms with Gasteiger partial charge in [-0.3, -0.25) is 14.8 Å². The summed E-state index contributed by atoms with van der Waals surface area (Å²) in [4.78, 5) is 13.3. The maximum absolute atomic E-state index is 11.1. The summed E-state index contributed by atoms with van der Waals surface area (Å²) in [5.41, 5.74) is 3.83. The number of rotatable bonds is 9. The van der Waals surface area contributed by atoms with E-state index in [1.54, 1.807) is 0 Å². The zero-order valence-corrected chi connectivity index (χ0v) is 16.6. The highest BCUT2D eigenvalue weighted by molar-refractivity contribution is 5.88. The Balaban J connectivity index is 1.65. The van der Waals surface area contributed by atoms with Crippen molar-refractivity contribution in [2.75, 3.05) is 32.5 Å². The molecule has 0 spiro atoms. The Labute approximate surface area is 165 Å². The molecule has 0 aliphatic carbocycles. The fraction of sp³-hybridized carbons (Fsp3) is 0.333. The topological polar surface area (TPSA) is 82.3 Å². The molecule has 0 atom stereocenters. The number of aromatic nitrogens is 2. The van der Waals surface area contributed by atoms with Crippen LogP contribution >= 0.6 is 0 Å². The minimum Gasteiger partial charge on any atom is -0.489 e. The number of carbonyl (C=O) groups is 1. The first kappa shape index (κ1) is 19.9. The highest BCUT2D eigenvalue weighted by Gasteiger charge is 2.09. The van der Waals surface area contributed by atoms with E-state index < -0.39 is 0 Å². The number of nitrogens with zero attached hydrogens (tertiary/aromatic N) is 2. The van der Waals surface area contributed by atoms with E-state index >= 15 is 0 Å². The van der Waals surface area contributed by atoms with Crippen LogP contribution < -0.4 is 15.4 Å². The van der Waals surface area contributed by atoms with Gasteiger partial charge >= 0.3 is 0 Å². The van der Waals surface area contributed by atoms with Gasteiger partial charge in [0.15, 0.2) is 0 Å². The van der Waals surface area contributed by atoms with Gasteiger partial charge in [-0.15, -0.1) is 0 Å². The first-order chi connectivity index (χ1) is 13.5. The average molecular weight is 381 g/mol. The van der Waals surface area contributed by atoms with Gasteiger partial charge in [-0.1, -0.05) is 12.1 Å². The summed E-state index contributed by atoms with van der Waals surface area (Å²) in [5, 5.41) is 14.5. The van der Waals surface area contributed by atoms with Crippen LogP contribution in [0.15, 0.2) is 42.5 Å². The minimum atomic E-state index is -0.0789. The van der Waals surface area contributed by atoms with E-state index in [1.807, 2.05) is 49.5 Å². The highest BCUT2D eigenvalue weighted by atomic mass is 16.5. The van der Waals surface area contributed by atoms with Crippen molar-refractivity contribution >= 4 is 22.5 Å². The predicted molar refractivity (Wildman–Crippen MR) is 111 cm³/mol. The monoisotopic (exact) mass is 381 g/mol. The van der Waals surface area contributed by atoms with Crippen LogP contribution in [0.1, 0.15) is 18.2 Å². The molecule has 7 heteroatoms. The smallest absolute Gasteiger partial charge is 0.221 e. The SMILES string of the molecule is CNCCN(C)Cc1[nH]nc2ccc(OCc3ccc(NC(C)=O)cc3)cc12. The van der Waals surface area contributed by atoms with E-state index in [1.165, 1.54) is 6.92 Å². The number of ether oxygens (including phenoxy) is 1. The fourth-order valence-electron chi connectivity index (χ4n) is 2.96. The van der Waals surface area contributed by atoms with Crippen molar-refractivity contribution in [1.82, 2.24) is 20.4 Å². The van der Waals surface area contributed by atoms with Crippen molar-refractivity contribution in [3.63, 3.8) is 0 Å². The normalized spacial score (nSPS) is 11.1. The quantitative estimate of drug-likeness (QED) is 0.531. The zero-order valence-electron chi connectivity index (χ0n) is 16.6. The van der Waals surface area contributed by atoms with Crippen LogP contribution in [0.4, 0.5) is 5.69 Å². The molecule has 0 saturated carbocycles. The van der Waals surface area contributed by atoms with E-state index in [2.05, 4.69) is 32.8 Å². The highest BCUT2D eigenvalue weighted by Crippen LogP contribution is 2.24. The fourth-order valence-corrected chi connectivity index (χ4v) is 2.96. The van der Waals surface area contributed by atoms with Crippen molar-refractivity contribution < 1.29 is 9.53 Å². The summed E-state index contributed by atoms with van der Waals surface area (Å²) < 4.78 is 5.96. The van der Waals surface area contributed by atoms with Gasteiger partial charge in [-0.2, -0.15) is 5.10 Å². The van der Waals surface area contributed by atoms with Gasteiger partial charge in [0.2, 0.25) is 5.91 Å². The molecular weight excluding hydrogens is 354 g/mol. The van der Waals surface area contributed by atoms with Crippen molar-refractivity contribution in [1.29, 1.82) is 0 Å². The van der Waals surface area contributed by atoms with Gasteiger partial charge in [0.05, 0.1) is 11.2 Å². The summed E-state index contributed by atoms with van der Waals surface area (Å²) in [6.45, 7) is 4.66. The molecule has 0 bridgehead atoms. The minimum absolute atomic E-state index is 0.0789. The Morgan fingerprint density at radius 3 is 2.71 bits per heavy atom. The van der Waals surface area contributed by atoms with Crippen molar-refractivity contribution in [2.24, 2.45) is 0 Å². The number of fused-ring (bicyclic) bond motifs is 1. The maximum atomic E-state index is 11.1. The molecule has 1 heterocycles. The summed E-state index contributed by atoms with van der Waals surface area (Å²) in [5.74, 6) is 0.726. The number of hydrogen-bond donors (Lipinski definition) is 3. The van der Waals surface area contributed by atoms with E-state index in [-0.39, 0.29) is 5.91 Å². The summed E-state index contributed by atoms with van der Waals surface area (Å²) in [6, 6.07) is 13.6. The molecular formula is C21H27N5O2. The number of nitrogens with one attached hydrogen (secondary N) is 3. The van der Waals surface area contributed by atoms with Crippen LogP contribution in [-0.4, -0.2) is 48.2 Å². The van der Waals surface area contributed by atoms with Crippen molar-refractivity contribution in [3.8, 4) is 5.75 Å². The molecule has 1 amide bonds. The summed E-state index contributed by atoms with van der Waals surface area (Å²) >= 11 is 0. The summed E-state index contributed by atoms with van der Waals surface area (Å²) in [6.07, 6.45) is 0. The molecule has 0 fully saturated rings. The molecule has 3 N–H and O–H groups in total. The van der Waals surface area contributed by atoms with Gasteiger partial charge in [-0.05, 0) is 50.0 Å². The van der Waals surface area contributed by atoms with Crippen LogP contribution in [-0.2, 0) is 17.9 Å². The third kappa shape index (κ3) is 5.31. The lowest BCUT2D eigenvalue weighted by Crippen LogP contribution is -2.27. The van der Waals surface area contributed by atoms with Gasteiger partial charge in [0, 0.05) is 37.6 Å². The Hall–Kier alpha value is -2.90. The number of anilines is 1.